The number of hydrogen-bond donors (Lipinski definition) is 3. The van der Waals surface area contributed by atoms with Crippen LogP contribution in [0.15, 0.2) is 71.8 Å². The fourth-order valence-corrected chi connectivity index (χ4v) is 3.32. The van der Waals surface area contributed by atoms with E-state index in [1.54, 1.807) is 66.7 Å². The summed E-state index contributed by atoms with van der Waals surface area (Å²) in [4.78, 5) is 36.3. The number of halogens is 1. The molecule has 3 aromatic rings. The van der Waals surface area contributed by atoms with Gasteiger partial charge in [-0.2, -0.15) is 5.10 Å². The lowest BCUT2D eigenvalue weighted by Crippen LogP contribution is -2.37. The third kappa shape index (κ3) is 6.51. The van der Waals surface area contributed by atoms with Gasteiger partial charge in [0.15, 0.2) is 18.1 Å². The van der Waals surface area contributed by atoms with Crippen LogP contribution in [0.1, 0.15) is 11.1 Å². The van der Waals surface area contributed by atoms with Crippen LogP contribution in [0.25, 0.3) is 0 Å². The Hall–Kier alpha value is -4.57. The highest BCUT2D eigenvalue weighted by Gasteiger charge is 2.16. The van der Waals surface area contributed by atoms with Gasteiger partial charge in [0.2, 0.25) is 6.79 Å². The zero-order valence-corrected chi connectivity index (χ0v) is 19.6. The molecule has 0 aromatic heterocycles. The number of carbonyl (C=O) groups is 3. The lowest BCUT2D eigenvalue weighted by Gasteiger charge is -2.10. The minimum absolute atomic E-state index is 0.125. The van der Waals surface area contributed by atoms with E-state index in [9.17, 15) is 14.4 Å². The van der Waals surface area contributed by atoms with E-state index in [0.29, 0.717) is 33.5 Å². The lowest BCUT2D eigenvalue weighted by atomic mass is 10.2. The highest BCUT2D eigenvalue weighted by Crippen LogP contribution is 2.32. The van der Waals surface area contributed by atoms with Crippen LogP contribution in [-0.2, 0) is 20.9 Å². The quantitative estimate of drug-likeness (QED) is 0.244. The van der Waals surface area contributed by atoms with Crippen LogP contribution in [0.3, 0.4) is 0 Å². The van der Waals surface area contributed by atoms with Gasteiger partial charge in [-0.1, -0.05) is 41.9 Å². The molecular weight excluding hydrogens is 488 g/mol. The molecule has 0 radical (unpaired) electrons. The van der Waals surface area contributed by atoms with Crippen LogP contribution in [0.2, 0.25) is 5.02 Å². The number of hydrogen-bond acceptors (Lipinski definition) is 7. The molecule has 0 spiro atoms. The van der Waals surface area contributed by atoms with Gasteiger partial charge < -0.3 is 24.8 Å². The fourth-order valence-electron chi connectivity index (χ4n) is 3.14. The monoisotopic (exact) mass is 508 g/mol. The summed E-state index contributed by atoms with van der Waals surface area (Å²) in [5.74, 6) is -0.630. The van der Waals surface area contributed by atoms with E-state index in [1.807, 2.05) is 0 Å². The average Bonchev–Trinajstić information content (AvgIpc) is 3.36. The Morgan fingerprint density at radius 1 is 0.972 bits per heavy atom. The van der Waals surface area contributed by atoms with E-state index in [0.717, 1.165) is 5.56 Å². The van der Waals surface area contributed by atoms with E-state index in [-0.39, 0.29) is 19.9 Å². The molecule has 3 aromatic carbocycles. The molecule has 0 saturated heterocycles. The van der Waals surface area contributed by atoms with Crippen molar-refractivity contribution in [3.8, 4) is 17.2 Å². The fraction of sp³-hybridized carbons (Fsp3) is 0.120. The highest BCUT2D eigenvalue weighted by atomic mass is 35.5. The summed E-state index contributed by atoms with van der Waals surface area (Å²) in [5, 5.41) is 9.39. The Labute approximate surface area is 211 Å². The molecule has 1 aliphatic heterocycles. The Balaban J connectivity index is 1.26. The SMILES string of the molecule is O=C(COc1ccccc1/C=N\NC(=O)C(=O)NCc1ccc2c(c1)OCO2)Nc1ccccc1Cl. The number of fused-ring (bicyclic) bond motifs is 1. The number of hydrazone groups is 1. The number of carbonyl (C=O) groups excluding carboxylic acids is 3. The zero-order valence-electron chi connectivity index (χ0n) is 18.8. The molecule has 1 aliphatic rings. The standard InChI is InChI=1S/C25H21ClN4O6/c26-18-6-2-3-7-19(18)29-23(31)14-34-20-8-4-1-5-17(20)13-28-30-25(33)24(32)27-12-16-9-10-21-22(11-16)36-15-35-21/h1-11,13H,12,14-15H2,(H,27,32)(H,29,31)(H,30,33)/b28-13-. The number of para-hydroxylation sites is 2. The molecule has 3 N–H and O–H groups in total. The number of amides is 3. The Kier molecular flexibility index (Phi) is 7.99. The van der Waals surface area contributed by atoms with Gasteiger partial charge >= 0.3 is 11.8 Å². The summed E-state index contributed by atoms with van der Waals surface area (Å²) < 4.78 is 16.1. The third-order valence-corrected chi connectivity index (χ3v) is 5.22. The van der Waals surface area contributed by atoms with Crippen molar-refractivity contribution in [3.05, 3.63) is 82.9 Å². The smallest absolute Gasteiger partial charge is 0.329 e. The first-order valence-corrected chi connectivity index (χ1v) is 11.1. The molecule has 0 bridgehead atoms. The first-order chi connectivity index (χ1) is 17.5. The summed E-state index contributed by atoms with van der Waals surface area (Å²) in [7, 11) is 0. The topological polar surface area (TPSA) is 127 Å². The van der Waals surface area contributed by atoms with Gasteiger partial charge in [0.1, 0.15) is 5.75 Å². The number of benzene rings is 3. The summed E-state index contributed by atoms with van der Waals surface area (Å²) in [6, 6.07) is 18.8. The molecule has 36 heavy (non-hydrogen) atoms. The van der Waals surface area contributed by atoms with Gasteiger partial charge in [0.05, 0.1) is 16.9 Å². The second-order valence-electron chi connectivity index (χ2n) is 7.42. The van der Waals surface area contributed by atoms with Gasteiger partial charge in [0, 0.05) is 12.1 Å². The van der Waals surface area contributed by atoms with E-state index in [2.05, 4.69) is 21.2 Å². The van der Waals surface area contributed by atoms with Gasteiger partial charge in [-0.25, -0.2) is 5.43 Å². The molecule has 0 fully saturated rings. The molecule has 3 amide bonds. The molecule has 184 valence electrons. The predicted octanol–water partition coefficient (Wildman–Crippen LogP) is 2.85. The second-order valence-corrected chi connectivity index (χ2v) is 7.83. The van der Waals surface area contributed by atoms with Crippen molar-refractivity contribution >= 4 is 41.2 Å². The van der Waals surface area contributed by atoms with E-state index in [4.69, 9.17) is 25.8 Å². The maximum Gasteiger partial charge on any atom is 0.329 e. The van der Waals surface area contributed by atoms with Crippen molar-refractivity contribution in [2.24, 2.45) is 5.10 Å². The summed E-state index contributed by atoms with van der Waals surface area (Å²) >= 11 is 6.04. The van der Waals surface area contributed by atoms with Crippen molar-refractivity contribution in [1.29, 1.82) is 0 Å². The Morgan fingerprint density at radius 2 is 1.75 bits per heavy atom. The molecule has 11 heteroatoms. The Morgan fingerprint density at radius 3 is 2.61 bits per heavy atom. The van der Waals surface area contributed by atoms with Crippen LogP contribution < -0.4 is 30.3 Å². The van der Waals surface area contributed by atoms with Crippen molar-refractivity contribution in [2.75, 3.05) is 18.7 Å². The molecule has 4 rings (SSSR count). The van der Waals surface area contributed by atoms with Crippen molar-refractivity contribution in [2.45, 2.75) is 6.54 Å². The van der Waals surface area contributed by atoms with Gasteiger partial charge in [0.25, 0.3) is 5.91 Å². The van der Waals surface area contributed by atoms with Gasteiger partial charge in [-0.15, -0.1) is 0 Å². The summed E-state index contributed by atoms with van der Waals surface area (Å²) in [6.07, 6.45) is 1.31. The van der Waals surface area contributed by atoms with Crippen LogP contribution in [-0.4, -0.2) is 37.3 Å². The van der Waals surface area contributed by atoms with Gasteiger partial charge in [-0.3, -0.25) is 14.4 Å². The van der Waals surface area contributed by atoms with Crippen molar-refractivity contribution < 1.29 is 28.6 Å². The molecule has 0 aliphatic carbocycles. The minimum Gasteiger partial charge on any atom is -0.483 e. The predicted molar refractivity (Wildman–Crippen MR) is 132 cm³/mol. The molecule has 0 saturated carbocycles. The maximum atomic E-state index is 12.2. The van der Waals surface area contributed by atoms with E-state index >= 15 is 0 Å². The zero-order chi connectivity index (χ0) is 25.3. The second kappa shape index (κ2) is 11.7. The normalized spacial score (nSPS) is 11.7. The largest absolute Gasteiger partial charge is 0.483 e. The molecule has 10 nitrogen and oxygen atoms in total. The molecular formula is C25H21ClN4O6. The van der Waals surface area contributed by atoms with E-state index < -0.39 is 17.7 Å². The first kappa shape index (κ1) is 24.6. The number of rotatable bonds is 8. The third-order valence-electron chi connectivity index (χ3n) is 4.89. The Bertz CT molecular complexity index is 1310. The minimum atomic E-state index is -0.940. The highest BCUT2D eigenvalue weighted by molar-refractivity contribution is 6.35. The van der Waals surface area contributed by atoms with Crippen LogP contribution in [0, 0.1) is 0 Å². The number of nitrogens with one attached hydrogen (secondary N) is 3. The number of anilines is 1. The van der Waals surface area contributed by atoms with E-state index in [1.165, 1.54) is 6.21 Å². The molecule has 0 unspecified atom stereocenters. The molecule has 0 atom stereocenters. The van der Waals surface area contributed by atoms with Crippen LogP contribution in [0.5, 0.6) is 17.2 Å². The summed E-state index contributed by atoms with van der Waals surface area (Å²) in [6.45, 7) is -0.000279. The molecule has 1 heterocycles. The lowest BCUT2D eigenvalue weighted by molar-refractivity contribution is -0.139. The number of ether oxygens (including phenoxy) is 3. The first-order valence-electron chi connectivity index (χ1n) is 10.8. The van der Waals surface area contributed by atoms with Gasteiger partial charge in [-0.05, 0) is 42.0 Å². The number of nitrogens with zero attached hydrogens (tertiary/aromatic N) is 1. The average molecular weight is 509 g/mol. The van der Waals surface area contributed by atoms with Crippen molar-refractivity contribution in [3.63, 3.8) is 0 Å². The van der Waals surface area contributed by atoms with Crippen molar-refractivity contribution in [1.82, 2.24) is 10.7 Å². The van der Waals surface area contributed by atoms with Crippen LogP contribution in [0.4, 0.5) is 5.69 Å². The maximum absolute atomic E-state index is 12.2. The summed E-state index contributed by atoms with van der Waals surface area (Å²) in [5.41, 5.74) is 3.87. The van der Waals surface area contributed by atoms with Crippen LogP contribution >= 0.6 is 11.6 Å².